The van der Waals surface area contributed by atoms with E-state index in [-0.39, 0.29) is 30.5 Å². The summed E-state index contributed by atoms with van der Waals surface area (Å²) in [4.78, 5) is 26.9. The van der Waals surface area contributed by atoms with Crippen LogP contribution in [-0.2, 0) is 4.79 Å². The van der Waals surface area contributed by atoms with E-state index in [9.17, 15) is 9.59 Å². The molecule has 1 aliphatic heterocycles. The predicted molar refractivity (Wildman–Crippen MR) is 113 cm³/mol. The molecule has 0 saturated carbocycles. The zero-order chi connectivity index (χ0) is 20.8. The van der Waals surface area contributed by atoms with Gasteiger partial charge in [-0.1, -0.05) is 0 Å². The summed E-state index contributed by atoms with van der Waals surface area (Å²) in [5.74, 6) is 1.09. The highest BCUT2D eigenvalue weighted by molar-refractivity contribution is 6.04. The van der Waals surface area contributed by atoms with E-state index in [0.717, 1.165) is 25.0 Å². The standard InChI is InChI=1S/C23H28N2O4/c1-16-5-4-6-17(2)25(16)22(26)15-29-21-11-7-18(8-12-21)23(27)24-19-9-13-20(28-3)14-10-19/h7-14,16-17H,4-6,15H2,1-3H3,(H,24,27). The van der Waals surface area contributed by atoms with Crippen LogP contribution in [0.25, 0.3) is 0 Å². The van der Waals surface area contributed by atoms with E-state index >= 15 is 0 Å². The largest absolute Gasteiger partial charge is 0.497 e. The van der Waals surface area contributed by atoms with Crippen molar-refractivity contribution in [2.45, 2.75) is 45.2 Å². The van der Waals surface area contributed by atoms with Gasteiger partial charge in [0.05, 0.1) is 7.11 Å². The van der Waals surface area contributed by atoms with Crippen molar-refractivity contribution in [2.75, 3.05) is 19.0 Å². The smallest absolute Gasteiger partial charge is 0.260 e. The first kappa shape index (κ1) is 20.7. The van der Waals surface area contributed by atoms with Gasteiger partial charge in [0.2, 0.25) is 0 Å². The number of carbonyl (C=O) groups excluding carboxylic acids is 2. The van der Waals surface area contributed by atoms with Gasteiger partial charge in [0.15, 0.2) is 6.61 Å². The summed E-state index contributed by atoms with van der Waals surface area (Å²) < 4.78 is 10.8. The second kappa shape index (κ2) is 9.45. The molecular weight excluding hydrogens is 368 g/mol. The summed E-state index contributed by atoms with van der Waals surface area (Å²) in [6.45, 7) is 4.18. The van der Waals surface area contributed by atoms with Crippen LogP contribution in [0.3, 0.4) is 0 Å². The number of benzene rings is 2. The van der Waals surface area contributed by atoms with Gasteiger partial charge in [0.25, 0.3) is 11.8 Å². The minimum Gasteiger partial charge on any atom is -0.497 e. The average molecular weight is 396 g/mol. The normalized spacial score (nSPS) is 18.8. The number of carbonyl (C=O) groups is 2. The van der Waals surface area contributed by atoms with E-state index in [2.05, 4.69) is 19.2 Å². The Morgan fingerprint density at radius 2 is 1.55 bits per heavy atom. The Morgan fingerprint density at radius 3 is 2.14 bits per heavy atom. The molecule has 6 nitrogen and oxygen atoms in total. The van der Waals surface area contributed by atoms with Crippen LogP contribution < -0.4 is 14.8 Å². The van der Waals surface area contributed by atoms with Crippen molar-refractivity contribution in [3.8, 4) is 11.5 Å². The molecule has 1 fully saturated rings. The van der Waals surface area contributed by atoms with Gasteiger partial charge >= 0.3 is 0 Å². The SMILES string of the molecule is COc1ccc(NC(=O)c2ccc(OCC(=O)N3C(C)CCCC3C)cc2)cc1. The van der Waals surface area contributed by atoms with E-state index in [0.29, 0.717) is 17.0 Å². The molecule has 2 amide bonds. The van der Waals surface area contributed by atoms with Crippen LogP contribution in [0.15, 0.2) is 48.5 Å². The van der Waals surface area contributed by atoms with Crippen molar-refractivity contribution >= 4 is 17.5 Å². The van der Waals surface area contributed by atoms with Crippen LogP contribution in [0.4, 0.5) is 5.69 Å². The molecule has 1 heterocycles. The molecule has 0 spiro atoms. The van der Waals surface area contributed by atoms with Crippen molar-refractivity contribution in [3.63, 3.8) is 0 Å². The Hall–Kier alpha value is -3.02. The van der Waals surface area contributed by atoms with Crippen molar-refractivity contribution in [1.29, 1.82) is 0 Å². The minimum atomic E-state index is -0.214. The Kier molecular flexibility index (Phi) is 6.75. The van der Waals surface area contributed by atoms with E-state index in [1.807, 2.05) is 4.90 Å². The monoisotopic (exact) mass is 396 g/mol. The molecule has 2 unspecified atom stereocenters. The van der Waals surface area contributed by atoms with Crippen molar-refractivity contribution in [1.82, 2.24) is 4.90 Å². The first-order valence-corrected chi connectivity index (χ1v) is 9.97. The molecule has 1 N–H and O–H groups in total. The highest BCUT2D eigenvalue weighted by Crippen LogP contribution is 2.23. The lowest BCUT2D eigenvalue weighted by atomic mass is 9.97. The Morgan fingerprint density at radius 1 is 0.966 bits per heavy atom. The molecule has 0 aromatic heterocycles. The van der Waals surface area contributed by atoms with Crippen LogP contribution in [-0.4, -0.2) is 42.5 Å². The summed E-state index contributed by atoms with van der Waals surface area (Å²) >= 11 is 0. The zero-order valence-corrected chi connectivity index (χ0v) is 17.2. The fraction of sp³-hybridized carbons (Fsp3) is 0.391. The van der Waals surface area contributed by atoms with Crippen LogP contribution in [0.1, 0.15) is 43.5 Å². The van der Waals surface area contributed by atoms with Crippen LogP contribution in [0.5, 0.6) is 11.5 Å². The third-order valence-electron chi connectivity index (χ3n) is 5.31. The molecule has 2 aromatic rings. The number of ether oxygens (including phenoxy) is 2. The van der Waals surface area contributed by atoms with E-state index in [1.54, 1.807) is 55.6 Å². The number of hydrogen-bond acceptors (Lipinski definition) is 4. The Balaban J connectivity index is 1.54. The van der Waals surface area contributed by atoms with Crippen molar-refractivity contribution in [2.24, 2.45) is 0 Å². The van der Waals surface area contributed by atoms with Gasteiger partial charge in [-0.15, -0.1) is 0 Å². The fourth-order valence-corrected chi connectivity index (χ4v) is 3.71. The minimum absolute atomic E-state index is 0.00558. The van der Waals surface area contributed by atoms with Gasteiger partial charge in [0, 0.05) is 23.3 Å². The van der Waals surface area contributed by atoms with Crippen molar-refractivity contribution in [3.05, 3.63) is 54.1 Å². The second-order valence-electron chi connectivity index (χ2n) is 7.43. The average Bonchev–Trinajstić information content (AvgIpc) is 2.73. The third kappa shape index (κ3) is 5.28. The highest BCUT2D eigenvalue weighted by atomic mass is 16.5. The lowest BCUT2D eigenvalue weighted by Crippen LogP contribution is -2.49. The quantitative estimate of drug-likeness (QED) is 0.798. The topological polar surface area (TPSA) is 67.9 Å². The number of likely N-dealkylation sites (tertiary alicyclic amines) is 1. The number of methoxy groups -OCH3 is 1. The fourth-order valence-electron chi connectivity index (χ4n) is 3.71. The molecule has 0 bridgehead atoms. The van der Waals surface area contributed by atoms with E-state index in [1.165, 1.54) is 0 Å². The molecule has 1 aliphatic rings. The summed E-state index contributed by atoms with van der Waals surface area (Å²) in [5, 5.41) is 2.84. The lowest BCUT2D eigenvalue weighted by molar-refractivity contribution is -0.139. The zero-order valence-electron chi connectivity index (χ0n) is 17.2. The van der Waals surface area contributed by atoms with Crippen LogP contribution >= 0.6 is 0 Å². The second-order valence-corrected chi connectivity index (χ2v) is 7.43. The third-order valence-corrected chi connectivity index (χ3v) is 5.31. The maximum Gasteiger partial charge on any atom is 0.260 e. The van der Waals surface area contributed by atoms with E-state index < -0.39 is 0 Å². The van der Waals surface area contributed by atoms with Gasteiger partial charge in [-0.3, -0.25) is 9.59 Å². The van der Waals surface area contributed by atoms with Gasteiger partial charge in [-0.05, 0) is 81.6 Å². The number of anilines is 1. The first-order valence-electron chi connectivity index (χ1n) is 9.97. The van der Waals surface area contributed by atoms with E-state index in [4.69, 9.17) is 9.47 Å². The van der Waals surface area contributed by atoms with Crippen molar-refractivity contribution < 1.29 is 19.1 Å². The maximum atomic E-state index is 12.5. The number of piperidine rings is 1. The number of nitrogens with one attached hydrogen (secondary N) is 1. The molecule has 0 aliphatic carbocycles. The predicted octanol–water partition coefficient (Wildman–Crippen LogP) is 4.12. The number of rotatable bonds is 6. The summed E-state index contributed by atoms with van der Waals surface area (Å²) in [6, 6.07) is 14.4. The molecule has 0 radical (unpaired) electrons. The number of nitrogens with zero attached hydrogens (tertiary/aromatic N) is 1. The van der Waals surface area contributed by atoms with Crippen LogP contribution in [0.2, 0.25) is 0 Å². The lowest BCUT2D eigenvalue weighted by Gasteiger charge is -2.38. The van der Waals surface area contributed by atoms with Gasteiger partial charge in [-0.2, -0.15) is 0 Å². The molecule has 2 atom stereocenters. The number of hydrogen-bond donors (Lipinski definition) is 1. The molecule has 29 heavy (non-hydrogen) atoms. The molecule has 2 aromatic carbocycles. The maximum absolute atomic E-state index is 12.5. The molecular formula is C23H28N2O4. The molecule has 1 saturated heterocycles. The van der Waals surface area contributed by atoms with Gasteiger partial charge < -0.3 is 19.7 Å². The molecule has 154 valence electrons. The molecule has 6 heteroatoms. The summed E-state index contributed by atoms with van der Waals surface area (Å²) in [5.41, 5.74) is 1.20. The highest BCUT2D eigenvalue weighted by Gasteiger charge is 2.28. The van der Waals surface area contributed by atoms with Gasteiger partial charge in [-0.25, -0.2) is 0 Å². The Bertz CT molecular complexity index is 823. The van der Waals surface area contributed by atoms with Crippen LogP contribution in [0, 0.1) is 0 Å². The van der Waals surface area contributed by atoms with Gasteiger partial charge in [0.1, 0.15) is 11.5 Å². The number of amides is 2. The first-order chi connectivity index (χ1) is 14.0. The summed E-state index contributed by atoms with van der Waals surface area (Å²) in [7, 11) is 1.60. The molecule has 3 rings (SSSR count). The summed E-state index contributed by atoms with van der Waals surface area (Å²) in [6.07, 6.45) is 3.23. The Labute approximate surface area is 171 Å².